The number of anilines is 1. The average molecular weight is 424 g/mol. The number of hydrogen-bond acceptors (Lipinski definition) is 5. The zero-order valence-corrected chi connectivity index (χ0v) is 16.0. The fraction of sp³-hybridized carbons (Fsp3) is 0.263. The van der Waals surface area contributed by atoms with Gasteiger partial charge in [-0.2, -0.15) is 4.31 Å². The zero-order chi connectivity index (χ0) is 21.0. The van der Waals surface area contributed by atoms with E-state index >= 15 is 0 Å². The number of esters is 1. The van der Waals surface area contributed by atoms with Crippen molar-refractivity contribution in [3.8, 4) is 0 Å². The Morgan fingerprint density at radius 2 is 1.66 bits per heavy atom. The molecule has 1 aliphatic heterocycles. The molecular weight excluding hydrogens is 406 g/mol. The van der Waals surface area contributed by atoms with E-state index in [-0.39, 0.29) is 10.6 Å². The van der Waals surface area contributed by atoms with Crippen LogP contribution in [0.1, 0.15) is 23.2 Å². The van der Waals surface area contributed by atoms with Crippen LogP contribution in [0.25, 0.3) is 0 Å². The van der Waals surface area contributed by atoms with Crippen LogP contribution in [0.2, 0.25) is 0 Å². The van der Waals surface area contributed by atoms with Gasteiger partial charge in [-0.25, -0.2) is 22.0 Å². The minimum atomic E-state index is -3.65. The topological polar surface area (TPSA) is 92.8 Å². The summed E-state index contributed by atoms with van der Waals surface area (Å²) in [5, 5.41) is 2.39. The molecule has 0 bridgehead atoms. The summed E-state index contributed by atoms with van der Waals surface area (Å²) in [4.78, 5) is 23.8. The first-order chi connectivity index (χ1) is 13.8. The summed E-state index contributed by atoms with van der Waals surface area (Å²) < 4.78 is 58.3. The molecule has 10 heteroatoms. The molecule has 2 aromatic rings. The summed E-state index contributed by atoms with van der Waals surface area (Å²) in [5.41, 5.74) is -0.706. The van der Waals surface area contributed by atoms with E-state index in [0.29, 0.717) is 13.1 Å². The first-order valence-electron chi connectivity index (χ1n) is 8.80. The van der Waals surface area contributed by atoms with Gasteiger partial charge >= 0.3 is 5.97 Å². The van der Waals surface area contributed by atoms with Crippen LogP contribution >= 0.6 is 0 Å². The van der Waals surface area contributed by atoms with E-state index in [2.05, 4.69) is 10.1 Å². The molecule has 0 aromatic heterocycles. The number of rotatable bonds is 6. The summed E-state index contributed by atoms with van der Waals surface area (Å²) in [6.45, 7) is 0.0959. The van der Waals surface area contributed by atoms with E-state index in [0.717, 1.165) is 31.0 Å². The standard InChI is InChI=1S/C19H18F2N2O5S/c20-15-7-4-8-16(21)18(15)19(25)28-12-17(24)22-13-5-3-6-14(11-13)29(26,27)23-9-1-2-10-23/h3-8,11H,1-2,9-10,12H2,(H,22,24). The van der Waals surface area contributed by atoms with Gasteiger partial charge in [-0.05, 0) is 43.2 Å². The summed E-state index contributed by atoms with van der Waals surface area (Å²) in [7, 11) is -3.65. The highest BCUT2D eigenvalue weighted by molar-refractivity contribution is 7.89. The van der Waals surface area contributed by atoms with Crippen molar-refractivity contribution in [2.75, 3.05) is 25.0 Å². The molecule has 1 amide bonds. The van der Waals surface area contributed by atoms with Crippen LogP contribution in [0.3, 0.4) is 0 Å². The fourth-order valence-corrected chi connectivity index (χ4v) is 4.47. The van der Waals surface area contributed by atoms with Crippen molar-refractivity contribution in [3.63, 3.8) is 0 Å². The van der Waals surface area contributed by atoms with Gasteiger partial charge < -0.3 is 10.1 Å². The van der Waals surface area contributed by atoms with Gasteiger partial charge in [0.15, 0.2) is 6.61 Å². The molecule has 1 N–H and O–H groups in total. The Morgan fingerprint density at radius 1 is 1.03 bits per heavy atom. The van der Waals surface area contributed by atoms with Crippen molar-refractivity contribution in [2.24, 2.45) is 0 Å². The number of sulfonamides is 1. The molecule has 0 spiro atoms. The zero-order valence-electron chi connectivity index (χ0n) is 15.2. The number of ether oxygens (including phenoxy) is 1. The maximum Gasteiger partial charge on any atom is 0.344 e. The van der Waals surface area contributed by atoms with Crippen LogP contribution in [-0.2, 0) is 19.6 Å². The molecule has 1 fully saturated rings. The maximum atomic E-state index is 13.6. The molecule has 0 unspecified atom stereocenters. The molecule has 29 heavy (non-hydrogen) atoms. The number of carbonyl (C=O) groups is 2. The molecule has 1 heterocycles. The van der Waals surface area contributed by atoms with Gasteiger partial charge in [0.1, 0.15) is 17.2 Å². The van der Waals surface area contributed by atoms with E-state index in [1.54, 1.807) is 0 Å². The van der Waals surface area contributed by atoms with Gasteiger partial charge in [-0.3, -0.25) is 4.79 Å². The predicted octanol–water partition coefficient (Wildman–Crippen LogP) is 2.54. The molecule has 154 valence electrons. The molecule has 0 saturated carbocycles. The van der Waals surface area contributed by atoms with Gasteiger partial charge in [-0.15, -0.1) is 0 Å². The lowest BCUT2D eigenvalue weighted by Crippen LogP contribution is -2.28. The summed E-state index contributed by atoms with van der Waals surface area (Å²) in [6, 6.07) is 8.54. The molecule has 3 rings (SSSR count). The third-order valence-electron chi connectivity index (χ3n) is 4.32. The number of carbonyl (C=O) groups excluding carboxylic acids is 2. The second kappa shape index (κ2) is 8.66. The van der Waals surface area contributed by atoms with Crippen LogP contribution in [-0.4, -0.2) is 44.3 Å². The van der Waals surface area contributed by atoms with Crippen molar-refractivity contribution in [2.45, 2.75) is 17.7 Å². The fourth-order valence-electron chi connectivity index (χ4n) is 2.91. The largest absolute Gasteiger partial charge is 0.452 e. The highest BCUT2D eigenvalue weighted by Crippen LogP contribution is 2.23. The second-order valence-electron chi connectivity index (χ2n) is 6.36. The molecule has 1 aliphatic rings. The van der Waals surface area contributed by atoms with Crippen LogP contribution in [0.5, 0.6) is 0 Å². The van der Waals surface area contributed by atoms with Crippen LogP contribution < -0.4 is 5.32 Å². The van der Waals surface area contributed by atoms with E-state index in [1.165, 1.54) is 28.6 Å². The SMILES string of the molecule is O=C(COC(=O)c1c(F)cccc1F)Nc1cccc(S(=O)(=O)N2CCCC2)c1. The second-order valence-corrected chi connectivity index (χ2v) is 8.30. The molecule has 1 saturated heterocycles. The Balaban J connectivity index is 1.63. The smallest absolute Gasteiger partial charge is 0.344 e. The minimum Gasteiger partial charge on any atom is -0.452 e. The first-order valence-corrected chi connectivity index (χ1v) is 10.2. The Bertz CT molecular complexity index is 1020. The van der Waals surface area contributed by atoms with Gasteiger partial charge in [-0.1, -0.05) is 12.1 Å². The van der Waals surface area contributed by atoms with Crippen LogP contribution in [0.15, 0.2) is 47.4 Å². The van der Waals surface area contributed by atoms with Crippen molar-refractivity contribution < 1.29 is 31.5 Å². The molecule has 0 radical (unpaired) electrons. The lowest BCUT2D eigenvalue weighted by Gasteiger charge is -2.16. The van der Waals surface area contributed by atoms with Crippen LogP contribution in [0, 0.1) is 11.6 Å². The normalized spacial score (nSPS) is 14.6. The third-order valence-corrected chi connectivity index (χ3v) is 6.22. The summed E-state index contributed by atoms with van der Waals surface area (Å²) >= 11 is 0. The number of nitrogens with one attached hydrogen (secondary N) is 1. The Kier molecular flexibility index (Phi) is 6.23. The maximum absolute atomic E-state index is 13.6. The molecule has 7 nitrogen and oxygen atoms in total. The third kappa shape index (κ3) is 4.77. The number of amides is 1. The summed E-state index contributed by atoms with van der Waals surface area (Å²) in [5.74, 6) is -4.31. The number of hydrogen-bond donors (Lipinski definition) is 1. The van der Waals surface area contributed by atoms with E-state index < -0.39 is 45.7 Å². The molecule has 2 aromatic carbocycles. The van der Waals surface area contributed by atoms with E-state index in [9.17, 15) is 26.8 Å². The quantitative estimate of drug-likeness (QED) is 0.720. The number of nitrogens with zero attached hydrogens (tertiary/aromatic N) is 1. The lowest BCUT2D eigenvalue weighted by molar-refractivity contribution is -0.119. The van der Waals surface area contributed by atoms with Crippen molar-refractivity contribution in [1.29, 1.82) is 0 Å². The average Bonchev–Trinajstić information content (AvgIpc) is 3.22. The highest BCUT2D eigenvalue weighted by atomic mass is 32.2. The number of halogens is 2. The minimum absolute atomic E-state index is 0.0302. The molecule has 0 atom stereocenters. The van der Waals surface area contributed by atoms with Crippen LogP contribution in [0.4, 0.5) is 14.5 Å². The predicted molar refractivity (Wildman–Crippen MR) is 99.7 cm³/mol. The van der Waals surface area contributed by atoms with E-state index in [1.807, 2.05) is 0 Å². The van der Waals surface area contributed by atoms with Gasteiger partial charge in [0.05, 0.1) is 4.90 Å². The Morgan fingerprint density at radius 3 is 2.31 bits per heavy atom. The Labute approximate surface area is 166 Å². The Hall–Kier alpha value is -2.85. The molecule has 0 aliphatic carbocycles. The van der Waals surface area contributed by atoms with Gasteiger partial charge in [0.2, 0.25) is 10.0 Å². The summed E-state index contributed by atoms with van der Waals surface area (Å²) in [6.07, 6.45) is 1.59. The lowest BCUT2D eigenvalue weighted by atomic mass is 10.2. The van der Waals surface area contributed by atoms with Gasteiger partial charge in [0, 0.05) is 18.8 Å². The van der Waals surface area contributed by atoms with Gasteiger partial charge in [0.25, 0.3) is 5.91 Å². The number of benzene rings is 2. The van der Waals surface area contributed by atoms with Crippen molar-refractivity contribution in [3.05, 3.63) is 59.7 Å². The van der Waals surface area contributed by atoms with Crippen molar-refractivity contribution in [1.82, 2.24) is 4.31 Å². The first kappa shape index (κ1) is 20.9. The monoisotopic (exact) mass is 424 g/mol. The molecular formula is C19H18F2N2O5S. The highest BCUT2D eigenvalue weighted by Gasteiger charge is 2.27. The van der Waals surface area contributed by atoms with Crippen molar-refractivity contribution >= 4 is 27.6 Å². The van der Waals surface area contributed by atoms with E-state index in [4.69, 9.17) is 0 Å².